The molecule has 0 aromatic heterocycles. The van der Waals surface area contributed by atoms with Gasteiger partial charge in [-0.1, -0.05) is 182 Å². The largest absolute Gasteiger partial charge is 0.472 e. The molecule has 0 aliphatic carbocycles. The molecule has 0 radical (unpaired) electrons. The highest BCUT2D eigenvalue weighted by Gasteiger charge is 2.33. The Labute approximate surface area is 475 Å². The third kappa shape index (κ3) is 38.1. The van der Waals surface area contributed by atoms with Gasteiger partial charge in [0.05, 0.1) is 31.1 Å². The van der Waals surface area contributed by atoms with Crippen molar-refractivity contribution in [2.45, 2.75) is 207 Å². The fourth-order valence-corrected chi connectivity index (χ4v) is 8.77. The third-order valence-electron chi connectivity index (χ3n) is 13.7. The molecule has 0 aromatic rings. The molecular weight excluding hydrogens is 973 g/mol. The van der Waals surface area contributed by atoms with E-state index in [4.69, 9.17) is 4.74 Å². The summed E-state index contributed by atoms with van der Waals surface area (Å²) in [5, 5.41) is 51.0. The first kappa shape index (κ1) is 71.4. The van der Waals surface area contributed by atoms with E-state index in [1.807, 2.05) is 24.8 Å². The molecule has 1 aliphatic heterocycles. The maximum absolute atomic E-state index is 13.4. The molecule has 440 valence electrons. The summed E-state index contributed by atoms with van der Waals surface area (Å²) < 4.78 is 5.64. The summed E-state index contributed by atoms with van der Waals surface area (Å²) in [6.07, 6.45) is 62.5. The number of unbranched alkanes of at least 4 members (excludes halogenated alkanes) is 2. The summed E-state index contributed by atoms with van der Waals surface area (Å²) in [6, 6.07) is -1.27. The molecule has 2 amide bonds. The molecule has 1 fully saturated rings. The van der Waals surface area contributed by atoms with E-state index in [0.717, 1.165) is 83.5 Å². The highest BCUT2D eigenvalue weighted by molar-refractivity contribution is 5.96. The molecule has 11 heteroatoms. The van der Waals surface area contributed by atoms with E-state index in [-0.39, 0.29) is 36.1 Å². The van der Waals surface area contributed by atoms with Crippen LogP contribution in [0, 0.1) is 17.8 Å². The maximum Gasteiger partial charge on any atom is 0.243 e. The number of piperazine rings is 1. The Morgan fingerprint density at radius 3 is 1.15 bits per heavy atom. The Hall–Kier alpha value is -4.62. The lowest BCUT2D eigenvalue weighted by atomic mass is 9.97. The minimum Gasteiger partial charge on any atom is -0.472 e. The lowest BCUT2D eigenvalue weighted by Gasteiger charge is -2.31. The fourth-order valence-electron chi connectivity index (χ4n) is 8.77. The molecule has 78 heavy (non-hydrogen) atoms. The number of nitrogens with one attached hydrogen (secondary N) is 2. The number of aliphatic hydroxyl groups is 4. The van der Waals surface area contributed by atoms with E-state index in [9.17, 15) is 30.0 Å². The van der Waals surface area contributed by atoms with Gasteiger partial charge in [0.1, 0.15) is 12.1 Å². The van der Waals surface area contributed by atoms with Crippen LogP contribution in [0.3, 0.4) is 0 Å². The van der Waals surface area contributed by atoms with Gasteiger partial charge in [-0.3, -0.25) is 19.4 Å². The van der Waals surface area contributed by atoms with Crippen LogP contribution in [0.5, 0.6) is 0 Å². The third-order valence-corrected chi connectivity index (χ3v) is 13.7. The van der Waals surface area contributed by atoms with Gasteiger partial charge < -0.3 is 35.8 Å². The van der Waals surface area contributed by atoms with Gasteiger partial charge in [-0.25, -0.2) is 0 Å². The zero-order valence-corrected chi connectivity index (χ0v) is 49.6. The molecule has 0 aromatic carbocycles. The second kappa shape index (κ2) is 49.4. The van der Waals surface area contributed by atoms with Crippen LogP contribution in [0.1, 0.15) is 170 Å². The molecule has 1 saturated heterocycles. The molecule has 0 saturated carbocycles. The average molecular weight is 1080 g/mol. The van der Waals surface area contributed by atoms with Crippen molar-refractivity contribution in [3.05, 3.63) is 146 Å². The van der Waals surface area contributed by atoms with Gasteiger partial charge in [-0.15, -0.1) is 0 Å². The van der Waals surface area contributed by atoms with Crippen molar-refractivity contribution in [1.29, 1.82) is 0 Å². The number of hydrogen-bond acceptors (Lipinski definition) is 9. The van der Waals surface area contributed by atoms with Crippen molar-refractivity contribution < 1.29 is 34.8 Å². The van der Waals surface area contributed by atoms with Crippen molar-refractivity contribution in [3.8, 4) is 0 Å². The van der Waals surface area contributed by atoms with E-state index in [2.05, 4.69) is 184 Å². The number of rotatable bonds is 47. The van der Waals surface area contributed by atoms with Gasteiger partial charge in [0.2, 0.25) is 18.1 Å². The van der Waals surface area contributed by atoms with Crippen molar-refractivity contribution in [3.63, 3.8) is 0 Å². The topological polar surface area (TPSA) is 155 Å². The zero-order valence-electron chi connectivity index (χ0n) is 49.6. The van der Waals surface area contributed by atoms with Crippen LogP contribution in [-0.2, 0) is 14.3 Å². The van der Waals surface area contributed by atoms with Crippen molar-refractivity contribution in [2.75, 3.05) is 39.3 Å². The minimum absolute atomic E-state index is 0.0541. The predicted octanol–water partition coefficient (Wildman–Crippen LogP) is 13.0. The molecule has 11 nitrogen and oxygen atoms in total. The summed E-state index contributed by atoms with van der Waals surface area (Å²) in [7, 11) is 0. The van der Waals surface area contributed by atoms with E-state index in [1.54, 1.807) is 0 Å². The van der Waals surface area contributed by atoms with Crippen LogP contribution < -0.4 is 10.6 Å². The first-order valence-electron chi connectivity index (χ1n) is 30.2. The first-order chi connectivity index (χ1) is 37.9. The van der Waals surface area contributed by atoms with Crippen molar-refractivity contribution in [2.24, 2.45) is 17.8 Å². The summed E-state index contributed by atoms with van der Waals surface area (Å²) >= 11 is 0. The van der Waals surface area contributed by atoms with Gasteiger partial charge in [0.15, 0.2) is 0 Å². The van der Waals surface area contributed by atoms with Crippen LogP contribution in [-0.4, -0.2) is 118 Å². The van der Waals surface area contributed by atoms with Crippen LogP contribution in [0.4, 0.5) is 0 Å². The minimum atomic E-state index is -1.09. The van der Waals surface area contributed by atoms with E-state index < -0.39 is 36.7 Å². The summed E-state index contributed by atoms with van der Waals surface area (Å²) in [5.74, 6) is -0.583. The summed E-state index contributed by atoms with van der Waals surface area (Å²) in [4.78, 5) is 31.0. The van der Waals surface area contributed by atoms with Crippen LogP contribution >= 0.6 is 0 Å². The van der Waals surface area contributed by atoms with Gasteiger partial charge in [-0.05, 0) is 141 Å². The number of aliphatic hydroxyl groups excluding tert-OH is 4. The Morgan fingerprint density at radius 2 is 0.769 bits per heavy atom. The monoisotopic (exact) mass is 1080 g/mol. The maximum atomic E-state index is 13.4. The molecule has 0 spiro atoms. The lowest BCUT2D eigenvalue weighted by Crippen LogP contribution is -2.61. The second-order valence-electron chi connectivity index (χ2n) is 20.7. The van der Waals surface area contributed by atoms with Gasteiger partial charge in [0, 0.05) is 37.4 Å². The molecule has 1 heterocycles. The number of carbonyl (C=O) groups excluding carboxylic acids is 2. The molecule has 6 N–H and O–H groups in total. The number of carbonyl (C=O) groups is 2. The first-order valence-corrected chi connectivity index (χ1v) is 30.2. The SMILES string of the molecule is CC/C=C\C/C=C\C/C=C\OC(O)CN(CCCCC1NC(=O)C(CCCCN(CC(O)C(C)/C=C\C/C=C\C/C=C\CC)CC(O)C(C)/C=C\C/C=C\C/C=C\CC)NC1=O)CC(O)C(/C=C\C/C=C\C/C=C\CC)CC. The van der Waals surface area contributed by atoms with Gasteiger partial charge in [0.25, 0.3) is 0 Å². The number of ether oxygens (including phenoxy) is 1. The van der Waals surface area contributed by atoms with Crippen LogP contribution in [0.2, 0.25) is 0 Å². The number of nitrogens with zero attached hydrogens (tertiary/aromatic N) is 2. The second-order valence-corrected chi connectivity index (χ2v) is 20.7. The number of amides is 2. The lowest BCUT2D eigenvalue weighted by molar-refractivity contribution is -0.137. The van der Waals surface area contributed by atoms with Crippen LogP contribution in [0.25, 0.3) is 0 Å². The standard InChI is InChI=1S/C67H110N4O7/c1-8-13-17-21-25-29-33-37-45-57(6)62(72)53-70(54-63(73)58(7)46-38-34-30-26-22-18-14-9-2)50-42-40-48-60-66(76)69-61(67(77)68-60)49-41-43-51-71(56-65(75)78-52-44-36-32-28-24-20-16-11-4)55-64(74)59(12-5)47-39-35-31-27-23-19-15-10-3/h13-20,25-32,37-39,44-47,52,57-65,72-75H,8-12,21-24,33-36,40-43,48-51,53-56H2,1-7H3,(H,68,77)(H,69,76)/b17-13-,18-14-,19-15-,20-16-,29-25-,30-26-,31-27-,32-28-,45-37-,46-38-,47-39-,52-44-. The van der Waals surface area contributed by atoms with Gasteiger partial charge >= 0.3 is 0 Å². The number of allylic oxidation sites excluding steroid dienone is 20. The Kier molecular flexibility index (Phi) is 45.2. The normalized spacial score (nSPS) is 19.0. The van der Waals surface area contributed by atoms with E-state index in [0.29, 0.717) is 71.2 Å². The molecule has 1 rings (SSSR count). The molecule has 9 atom stereocenters. The highest BCUT2D eigenvalue weighted by atomic mass is 16.6. The van der Waals surface area contributed by atoms with E-state index in [1.165, 1.54) is 6.26 Å². The zero-order chi connectivity index (χ0) is 57.3. The molecule has 1 aliphatic rings. The quantitative estimate of drug-likeness (QED) is 0.0151. The molecule has 9 unspecified atom stereocenters. The highest BCUT2D eigenvalue weighted by Crippen LogP contribution is 2.18. The summed E-state index contributed by atoms with van der Waals surface area (Å²) in [6.45, 7) is 17.1. The number of hydrogen-bond donors (Lipinski definition) is 6. The van der Waals surface area contributed by atoms with Gasteiger partial charge in [-0.2, -0.15) is 0 Å². The molecule has 0 bridgehead atoms. The Morgan fingerprint density at radius 1 is 0.436 bits per heavy atom. The average Bonchev–Trinajstić information content (AvgIpc) is 3.42. The Balaban J connectivity index is 2.89. The molecular formula is C67H110N4O7. The Bertz CT molecular complexity index is 1820. The summed E-state index contributed by atoms with van der Waals surface area (Å²) in [5.41, 5.74) is 0. The van der Waals surface area contributed by atoms with Crippen molar-refractivity contribution >= 4 is 11.8 Å². The van der Waals surface area contributed by atoms with Crippen LogP contribution in [0.15, 0.2) is 146 Å². The van der Waals surface area contributed by atoms with Crippen molar-refractivity contribution in [1.82, 2.24) is 20.4 Å². The smallest absolute Gasteiger partial charge is 0.243 e. The predicted molar refractivity (Wildman–Crippen MR) is 329 cm³/mol. The fraction of sp³-hybridized carbons (Fsp3) is 0.612. The van der Waals surface area contributed by atoms with E-state index >= 15 is 0 Å².